The number of amides is 2. The largest absolute Gasteiger partial charge is 0.508 e. The number of para-hydroxylation sites is 1. The number of nitrogens with two attached hydrogens (primary N) is 1. The molecule has 3 rings (SSSR count). The number of H-pyrrole nitrogens is 1. The highest BCUT2D eigenvalue weighted by atomic mass is 32.1. The number of thiol groups is 1. The van der Waals surface area contributed by atoms with Crippen molar-refractivity contribution in [2.24, 2.45) is 5.73 Å². The number of hydrogen-bond donors (Lipinski definition) is 7. The van der Waals surface area contributed by atoms with Gasteiger partial charge in [0.1, 0.15) is 17.8 Å². The van der Waals surface area contributed by atoms with Crippen molar-refractivity contribution in [1.29, 1.82) is 0 Å². The van der Waals surface area contributed by atoms with Crippen molar-refractivity contribution in [2.75, 3.05) is 5.75 Å². The molecule has 0 unspecified atom stereocenters. The van der Waals surface area contributed by atoms with Crippen molar-refractivity contribution < 1.29 is 24.6 Å². The molecule has 2 amide bonds. The molecule has 3 aromatic rings. The van der Waals surface area contributed by atoms with Gasteiger partial charge < -0.3 is 31.6 Å². The summed E-state index contributed by atoms with van der Waals surface area (Å²) >= 11 is 4.12. The molecule has 0 bridgehead atoms. The zero-order valence-electron chi connectivity index (χ0n) is 17.7. The Morgan fingerprint density at radius 1 is 0.970 bits per heavy atom. The Morgan fingerprint density at radius 2 is 1.64 bits per heavy atom. The smallest absolute Gasteiger partial charge is 0.326 e. The van der Waals surface area contributed by atoms with Crippen molar-refractivity contribution in [2.45, 2.75) is 31.0 Å². The van der Waals surface area contributed by atoms with Crippen LogP contribution in [-0.4, -0.2) is 56.9 Å². The number of phenolic OH excluding ortho intramolecular Hbond substituents is 1. The number of aliphatic carboxylic acids is 1. The molecule has 0 saturated heterocycles. The van der Waals surface area contributed by atoms with E-state index in [2.05, 4.69) is 28.2 Å². The Labute approximate surface area is 195 Å². The summed E-state index contributed by atoms with van der Waals surface area (Å²) in [4.78, 5) is 40.1. The number of benzene rings is 2. The van der Waals surface area contributed by atoms with E-state index in [9.17, 15) is 24.6 Å². The van der Waals surface area contributed by atoms with Crippen molar-refractivity contribution in [1.82, 2.24) is 15.6 Å². The Bertz CT molecular complexity index is 1130. The van der Waals surface area contributed by atoms with Gasteiger partial charge in [0.25, 0.3) is 0 Å². The highest BCUT2D eigenvalue weighted by molar-refractivity contribution is 7.80. The molecular weight excluding hydrogens is 444 g/mol. The third kappa shape index (κ3) is 6.27. The van der Waals surface area contributed by atoms with Gasteiger partial charge >= 0.3 is 5.97 Å². The Balaban J connectivity index is 1.62. The van der Waals surface area contributed by atoms with E-state index >= 15 is 0 Å². The predicted molar refractivity (Wildman–Crippen MR) is 127 cm³/mol. The summed E-state index contributed by atoms with van der Waals surface area (Å²) in [7, 11) is 0. The zero-order chi connectivity index (χ0) is 24.0. The van der Waals surface area contributed by atoms with E-state index in [0.29, 0.717) is 0 Å². The van der Waals surface area contributed by atoms with Gasteiger partial charge in [-0.05, 0) is 35.7 Å². The summed E-state index contributed by atoms with van der Waals surface area (Å²) in [6.45, 7) is 0. The maximum Gasteiger partial charge on any atom is 0.326 e. The van der Waals surface area contributed by atoms with Crippen LogP contribution in [0.2, 0.25) is 0 Å². The molecule has 3 atom stereocenters. The molecule has 0 radical (unpaired) electrons. The van der Waals surface area contributed by atoms with Crippen LogP contribution in [0, 0.1) is 0 Å². The molecule has 0 saturated carbocycles. The molecule has 10 heteroatoms. The van der Waals surface area contributed by atoms with Crippen LogP contribution in [0.15, 0.2) is 54.7 Å². The number of carboxylic acids is 1. The fourth-order valence-electron chi connectivity index (χ4n) is 3.44. The van der Waals surface area contributed by atoms with Crippen molar-refractivity contribution in [3.8, 4) is 5.75 Å². The van der Waals surface area contributed by atoms with E-state index < -0.39 is 35.9 Å². The monoisotopic (exact) mass is 470 g/mol. The van der Waals surface area contributed by atoms with Crippen LogP contribution in [0.3, 0.4) is 0 Å². The molecule has 0 aliphatic carbocycles. The standard InChI is InChI=1S/C23H26N4O5S/c24-17(9-13-5-7-15(28)8-6-13)21(29)27-20(12-33)22(30)26-19(23(31)32)10-14-11-25-18-4-2-1-3-16(14)18/h1-8,11,17,19-20,25,28,33H,9-10,12,24H2,(H,26,30)(H,27,29)(H,31,32)/t17-,19-,20-/m0/s1. The minimum atomic E-state index is -1.19. The third-order valence-electron chi connectivity index (χ3n) is 5.26. The minimum absolute atomic E-state index is 0.0388. The fourth-order valence-corrected chi connectivity index (χ4v) is 3.70. The number of aromatic nitrogens is 1. The predicted octanol–water partition coefficient (Wildman–Crippen LogP) is 0.970. The van der Waals surface area contributed by atoms with E-state index in [-0.39, 0.29) is 24.3 Å². The second-order valence-electron chi connectivity index (χ2n) is 7.68. The summed E-state index contributed by atoms with van der Waals surface area (Å²) < 4.78 is 0. The first-order valence-electron chi connectivity index (χ1n) is 10.3. The normalized spacial score (nSPS) is 13.8. The lowest BCUT2D eigenvalue weighted by Crippen LogP contribution is -2.55. The molecule has 33 heavy (non-hydrogen) atoms. The van der Waals surface area contributed by atoms with E-state index in [4.69, 9.17) is 5.73 Å². The van der Waals surface area contributed by atoms with Crippen LogP contribution in [0.25, 0.3) is 10.9 Å². The van der Waals surface area contributed by atoms with Gasteiger partial charge in [0, 0.05) is 29.3 Å². The van der Waals surface area contributed by atoms with Gasteiger partial charge in [0.15, 0.2) is 0 Å². The average molecular weight is 471 g/mol. The van der Waals surface area contributed by atoms with E-state index in [1.165, 1.54) is 12.1 Å². The highest BCUT2D eigenvalue weighted by Crippen LogP contribution is 2.19. The molecule has 0 aliphatic rings. The number of nitrogens with one attached hydrogen (secondary N) is 3. The van der Waals surface area contributed by atoms with E-state index in [1.54, 1.807) is 18.3 Å². The second-order valence-corrected chi connectivity index (χ2v) is 8.05. The van der Waals surface area contributed by atoms with Crippen molar-refractivity contribution in [3.63, 3.8) is 0 Å². The van der Waals surface area contributed by atoms with Crippen molar-refractivity contribution >= 4 is 41.3 Å². The van der Waals surface area contributed by atoms with Gasteiger partial charge in [0.2, 0.25) is 11.8 Å². The van der Waals surface area contributed by atoms with E-state index in [0.717, 1.165) is 22.0 Å². The van der Waals surface area contributed by atoms with Crippen LogP contribution in [0.1, 0.15) is 11.1 Å². The lowest BCUT2D eigenvalue weighted by atomic mass is 10.0. The van der Waals surface area contributed by atoms with Gasteiger partial charge in [0.05, 0.1) is 6.04 Å². The summed E-state index contributed by atoms with van der Waals surface area (Å²) in [5, 5.41) is 24.9. The fraction of sp³-hybridized carbons (Fsp3) is 0.261. The number of aromatic hydroxyl groups is 1. The zero-order valence-corrected chi connectivity index (χ0v) is 18.6. The number of rotatable bonds is 10. The first kappa shape index (κ1) is 24.1. The molecule has 0 spiro atoms. The molecule has 9 nitrogen and oxygen atoms in total. The molecule has 0 fully saturated rings. The molecular formula is C23H26N4O5S. The molecule has 1 heterocycles. The van der Waals surface area contributed by atoms with Crippen LogP contribution >= 0.6 is 12.6 Å². The Morgan fingerprint density at radius 3 is 2.30 bits per heavy atom. The number of carboxylic acid groups (broad SMARTS) is 1. The maximum absolute atomic E-state index is 12.7. The third-order valence-corrected chi connectivity index (χ3v) is 5.62. The summed E-state index contributed by atoms with van der Waals surface area (Å²) in [6, 6.07) is 10.5. The van der Waals surface area contributed by atoms with Gasteiger partial charge in [-0.1, -0.05) is 30.3 Å². The summed E-state index contributed by atoms with van der Waals surface area (Å²) in [5.41, 5.74) is 8.31. The van der Waals surface area contributed by atoms with Crippen LogP contribution < -0.4 is 16.4 Å². The SMILES string of the molecule is N[C@@H](Cc1ccc(O)cc1)C(=O)N[C@@H](CS)C(=O)N[C@@H](Cc1c[nH]c2ccccc12)C(=O)O. The number of aromatic amines is 1. The first-order chi connectivity index (χ1) is 15.8. The second kappa shape index (κ2) is 10.9. The van der Waals surface area contributed by atoms with E-state index in [1.807, 2.05) is 24.3 Å². The van der Waals surface area contributed by atoms with Gasteiger partial charge in [-0.15, -0.1) is 0 Å². The van der Waals surface area contributed by atoms with Crippen molar-refractivity contribution in [3.05, 3.63) is 65.9 Å². The van der Waals surface area contributed by atoms with Crippen LogP contribution in [0.4, 0.5) is 0 Å². The number of hydrogen-bond acceptors (Lipinski definition) is 6. The van der Waals surface area contributed by atoms with Gasteiger partial charge in [-0.25, -0.2) is 4.79 Å². The molecule has 2 aromatic carbocycles. The Kier molecular flexibility index (Phi) is 7.96. The average Bonchev–Trinajstić information content (AvgIpc) is 3.21. The lowest BCUT2D eigenvalue weighted by molar-refractivity contribution is -0.142. The highest BCUT2D eigenvalue weighted by Gasteiger charge is 2.28. The molecule has 1 aromatic heterocycles. The molecule has 7 N–H and O–H groups in total. The van der Waals surface area contributed by atoms with Crippen LogP contribution in [0.5, 0.6) is 5.75 Å². The summed E-state index contributed by atoms with van der Waals surface area (Å²) in [5.74, 6) is -2.36. The van der Waals surface area contributed by atoms with Gasteiger partial charge in [-0.2, -0.15) is 12.6 Å². The number of fused-ring (bicyclic) bond motifs is 1. The summed E-state index contributed by atoms with van der Waals surface area (Å²) in [6.07, 6.45) is 1.98. The Hall–Kier alpha value is -3.50. The molecule has 174 valence electrons. The maximum atomic E-state index is 12.7. The topological polar surface area (TPSA) is 158 Å². The lowest BCUT2D eigenvalue weighted by Gasteiger charge is -2.22. The minimum Gasteiger partial charge on any atom is -0.508 e. The number of phenols is 1. The first-order valence-corrected chi connectivity index (χ1v) is 10.9. The van der Waals surface area contributed by atoms with Crippen LogP contribution in [-0.2, 0) is 27.2 Å². The van der Waals surface area contributed by atoms with Gasteiger partial charge in [-0.3, -0.25) is 9.59 Å². The quantitative estimate of drug-likeness (QED) is 0.219. The number of carbonyl (C=O) groups is 3. The molecule has 0 aliphatic heterocycles. The number of carbonyl (C=O) groups excluding carboxylic acids is 2.